The number of amides is 1. The lowest BCUT2D eigenvalue weighted by Gasteiger charge is -2.18. The monoisotopic (exact) mass is 331 g/mol. The number of nitrogens with one attached hydrogen (secondary N) is 1. The van der Waals surface area contributed by atoms with Gasteiger partial charge in [0.1, 0.15) is 11.5 Å². The van der Waals surface area contributed by atoms with Crippen molar-refractivity contribution in [3.8, 4) is 11.5 Å². The van der Waals surface area contributed by atoms with Gasteiger partial charge in [-0.2, -0.15) is 0 Å². The van der Waals surface area contributed by atoms with Gasteiger partial charge in [0.2, 0.25) is 5.91 Å². The highest BCUT2D eigenvalue weighted by Gasteiger charge is 2.51. The Morgan fingerprint density at radius 1 is 1.13 bits per heavy atom. The molecule has 1 aliphatic carbocycles. The van der Waals surface area contributed by atoms with Crippen LogP contribution in [0.4, 0.5) is 5.69 Å². The van der Waals surface area contributed by atoms with E-state index in [1.54, 1.807) is 32.4 Å². The van der Waals surface area contributed by atoms with Crippen molar-refractivity contribution in [2.45, 2.75) is 18.3 Å². The van der Waals surface area contributed by atoms with Crippen molar-refractivity contribution in [1.29, 1.82) is 0 Å². The lowest BCUT2D eigenvalue weighted by molar-refractivity contribution is -0.118. The van der Waals surface area contributed by atoms with Crippen LogP contribution in [0.15, 0.2) is 42.5 Å². The fourth-order valence-electron chi connectivity index (χ4n) is 2.71. The molecule has 2 aromatic carbocycles. The zero-order chi connectivity index (χ0) is 16.4. The molecule has 0 atom stereocenters. The minimum Gasteiger partial charge on any atom is -0.497 e. The van der Waals surface area contributed by atoms with Crippen LogP contribution in [0, 0.1) is 0 Å². The van der Waals surface area contributed by atoms with Gasteiger partial charge in [-0.25, -0.2) is 0 Å². The third-order valence-electron chi connectivity index (χ3n) is 4.22. The first-order chi connectivity index (χ1) is 11.1. The summed E-state index contributed by atoms with van der Waals surface area (Å²) in [6, 6.07) is 12.8. The number of anilines is 1. The average Bonchev–Trinajstić information content (AvgIpc) is 3.36. The van der Waals surface area contributed by atoms with Crippen LogP contribution in [-0.4, -0.2) is 20.1 Å². The molecule has 2 aromatic rings. The van der Waals surface area contributed by atoms with E-state index in [4.69, 9.17) is 21.1 Å². The summed E-state index contributed by atoms with van der Waals surface area (Å²) in [5.74, 6) is 1.21. The largest absolute Gasteiger partial charge is 0.497 e. The van der Waals surface area contributed by atoms with Gasteiger partial charge < -0.3 is 14.8 Å². The van der Waals surface area contributed by atoms with Crippen LogP contribution in [0.1, 0.15) is 18.4 Å². The number of methoxy groups -OCH3 is 2. The second-order valence-corrected chi connectivity index (χ2v) is 6.05. The Hall–Kier alpha value is -2.20. The SMILES string of the molecule is COc1ccc(OC)c(NC(=O)C2(c3cccc(Cl)c3)CC2)c1. The minimum absolute atomic E-state index is 0.0497. The molecule has 3 rings (SSSR count). The first-order valence-electron chi connectivity index (χ1n) is 7.38. The summed E-state index contributed by atoms with van der Waals surface area (Å²) in [5, 5.41) is 3.61. The zero-order valence-electron chi connectivity index (χ0n) is 13.1. The number of rotatable bonds is 5. The lowest BCUT2D eigenvalue weighted by Crippen LogP contribution is -2.28. The van der Waals surface area contributed by atoms with Crippen molar-refractivity contribution in [1.82, 2.24) is 0 Å². The molecular weight excluding hydrogens is 314 g/mol. The average molecular weight is 332 g/mol. The lowest BCUT2D eigenvalue weighted by atomic mass is 9.95. The molecule has 0 heterocycles. The Kier molecular flexibility index (Phi) is 4.18. The Morgan fingerprint density at radius 2 is 1.91 bits per heavy atom. The van der Waals surface area contributed by atoms with Crippen molar-refractivity contribution < 1.29 is 14.3 Å². The van der Waals surface area contributed by atoms with Crippen LogP contribution in [0.3, 0.4) is 0 Å². The van der Waals surface area contributed by atoms with E-state index in [1.807, 2.05) is 24.3 Å². The molecule has 0 radical (unpaired) electrons. The van der Waals surface area contributed by atoms with Crippen molar-refractivity contribution >= 4 is 23.2 Å². The fourth-order valence-corrected chi connectivity index (χ4v) is 2.90. The molecule has 1 aliphatic rings. The molecule has 0 spiro atoms. The zero-order valence-corrected chi connectivity index (χ0v) is 13.8. The molecule has 1 amide bonds. The minimum atomic E-state index is -0.501. The summed E-state index contributed by atoms with van der Waals surface area (Å²) < 4.78 is 10.5. The van der Waals surface area contributed by atoms with E-state index in [0.717, 1.165) is 18.4 Å². The van der Waals surface area contributed by atoms with Gasteiger partial charge in [-0.05, 0) is 42.7 Å². The van der Waals surface area contributed by atoms with Crippen molar-refractivity contribution in [2.24, 2.45) is 0 Å². The molecule has 5 heteroatoms. The third-order valence-corrected chi connectivity index (χ3v) is 4.45. The van der Waals surface area contributed by atoms with Crippen LogP contribution in [0.25, 0.3) is 0 Å². The number of carbonyl (C=O) groups excluding carboxylic acids is 1. The second-order valence-electron chi connectivity index (χ2n) is 5.61. The Balaban J connectivity index is 1.87. The molecule has 4 nitrogen and oxygen atoms in total. The Morgan fingerprint density at radius 3 is 2.52 bits per heavy atom. The Labute approximate surface area is 140 Å². The summed E-state index contributed by atoms with van der Waals surface area (Å²) in [6.45, 7) is 0. The number of hydrogen-bond acceptors (Lipinski definition) is 3. The maximum Gasteiger partial charge on any atom is 0.235 e. The van der Waals surface area contributed by atoms with Crippen LogP contribution in [-0.2, 0) is 10.2 Å². The predicted octanol–water partition coefficient (Wildman–Crippen LogP) is 4.03. The van der Waals surface area contributed by atoms with Gasteiger partial charge in [-0.3, -0.25) is 4.79 Å². The quantitative estimate of drug-likeness (QED) is 0.900. The normalized spacial score (nSPS) is 14.9. The second kappa shape index (κ2) is 6.13. The van der Waals surface area contributed by atoms with Gasteiger partial charge in [0.05, 0.1) is 25.3 Å². The van der Waals surface area contributed by atoms with Gasteiger partial charge >= 0.3 is 0 Å². The van der Waals surface area contributed by atoms with E-state index in [-0.39, 0.29) is 5.91 Å². The number of halogens is 1. The van der Waals surface area contributed by atoms with Crippen molar-refractivity contribution in [3.05, 3.63) is 53.1 Å². The van der Waals surface area contributed by atoms with Gasteiger partial charge in [0.25, 0.3) is 0 Å². The number of carbonyl (C=O) groups is 1. The highest BCUT2D eigenvalue weighted by molar-refractivity contribution is 6.30. The molecule has 1 fully saturated rings. The van der Waals surface area contributed by atoms with Crippen molar-refractivity contribution in [2.75, 3.05) is 19.5 Å². The standard InChI is InChI=1S/C18H18ClNO3/c1-22-14-6-7-16(23-2)15(11-14)20-17(21)18(8-9-18)12-4-3-5-13(19)10-12/h3-7,10-11H,8-9H2,1-2H3,(H,20,21). The molecule has 0 unspecified atom stereocenters. The summed E-state index contributed by atoms with van der Waals surface area (Å²) in [7, 11) is 3.16. The molecule has 23 heavy (non-hydrogen) atoms. The van der Waals surface area contributed by atoms with Gasteiger partial charge in [-0.15, -0.1) is 0 Å². The fraction of sp³-hybridized carbons (Fsp3) is 0.278. The maximum atomic E-state index is 12.8. The van der Waals surface area contributed by atoms with E-state index in [0.29, 0.717) is 22.2 Å². The molecule has 0 aliphatic heterocycles. The first-order valence-corrected chi connectivity index (χ1v) is 7.76. The molecule has 1 saturated carbocycles. The van der Waals surface area contributed by atoms with E-state index in [2.05, 4.69) is 5.32 Å². The highest BCUT2D eigenvalue weighted by atomic mass is 35.5. The highest BCUT2D eigenvalue weighted by Crippen LogP contribution is 2.49. The van der Waals surface area contributed by atoms with Gasteiger partial charge in [0.15, 0.2) is 0 Å². The maximum absolute atomic E-state index is 12.8. The third kappa shape index (κ3) is 2.99. The van der Waals surface area contributed by atoms with Gasteiger partial charge in [0, 0.05) is 11.1 Å². The molecule has 0 bridgehead atoms. The van der Waals surface area contributed by atoms with Crippen LogP contribution in [0.5, 0.6) is 11.5 Å². The summed E-state index contributed by atoms with van der Waals surface area (Å²) in [4.78, 5) is 12.8. The van der Waals surface area contributed by atoms with Crippen LogP contribution in [0.2, 0.25) is 5.02 Å². The predicted molar refractivity (Wildman–Crippen MR) is 90.5 cm³/mol. The summed E-state index contributed by atoms with van der Waals surface area (Å²) in [5.41, 5.74) is 1.05. The molecule has 0 aromatic heterocycles. The number of benzene rings is 2. The summed E-state index contributed by atoms with van der Waals surface area (Å²) >= 11 is 6.06. The van der Waals surface area contributed by atoms with E-state index in [9.17, 15) is 4.79 Å². The molecule has 0 saturated heterocycles. The van der Waals surface area contributed by atoms with Crippen LogP contribution >= 0.6 is 11.6 Å². The molecular formula is C18H18ClNO3. The van der Waals surface area contributed by atoms with E-state index >= 15 is 0 Å². The van der Waals surface area contributed by atoms with E-state index in [1.165, 1.54) is 0 Å². The first kappa shape index (κ1) is 15.7. The molecule has 120 valence electrons. The van der Waals surface area contributed by atoms with E-state index < -0.39 is 5.41 Å². The number of hydrogen-bond donors (Lipinski definition) is 1. The van der Waals surface area contributed by atoms with Crippen LogP contribution < -0.4 is 14.8 Å². The summed E-state index contributed by atoms with van der Waals surface area (Å²) in [6.07, 6.45) is 1.62. The van der Waals surface area contributed by atoms with Crippen molar-refractivity contribution in [3.63, 3.8) is 0 Å². The topological polar surface area (TPSA) is 47.6 Å². The smallest absolute Gasteiger partial charge is 0.235 e. The Bertz CT molecular complexity index is 741. The molecule has 1 N–H and O–H groups in total. The van der Waals surface area contributed by atoms with Gasteiger partial charge in [-0.1, -0.05) is 23.7 Å². The number of ether oxygens (including phenoxy) is 2.